The number of carbonyl (C=O) groups is 2. The second kappa shape index (κ2) is 8.73. The van der Waals surface area contributed by atoms with Gasteiger partial charge in [0, 0.05) is 18.3 Å². The van der Waals surface area contributed by atoms with Crippen LogP contribution in [0.15, 0.2) is 67.3 Å². The van der Waals surface area contributed by atoms with Gasteiger partial charge in [-0.1, -0.05) is 48.5 Å². The highest BCUT2D eigenvalue weighted by Gasteiger charge is 2.29. The minimum absolute atomic E-state index is 0.0760. The summed E-state index contributed by atoms with van der Waals surface area (Å²) in [6, 6.07) is 15.0. The molecule has 0 radical (unpaired) electrons. The first-order valence-electron chi connectivity index (χ1n) is 9.71. The predicted octanol–water partition coefficient (Wildman–Crippen LogP) is 3.40. The van der Waals surface area contributed by atoms with Gasteiger partial charge in [0.15, 0.2) is 0 Å². The Kier molecular flexibility index (Phi) is 5.70. The summed E-state index contributed by atoms with van der Waals surface area (Å²) in [6.07, 6.45) is 4.56. The minimum atomic E-state index is -1.11. The number of fused-ring (bicyclic) bond motifs is 3. The first kappa shape index (κ1) is 19.6. The summed E-state index contributed by atoms with van der Waals surface area (Å²) in [6.45, 7) is 0.138. The maximum Gasteiger partial charge on any atom is 0.407 e. The number of benzene rings is 2. The van der Waals surface area contributed by atoms with Crippen LogP contribution in [0.3, 0.4) is 0 Å². The molecule has 0 saturated heterocycles. The third-order valence-electron chi connectivity index (χ3n) is 5.27. The van der Waals surface area contributed by atoms with Crippen molar-refractivity contribution in [1.29, 1.82) is 0 Å². The van der Waals surface area contributed by atoms with Gasteiger partial charge in [0.05, 0.1) is 0 Å². The fourth-order valence-electron chi connectivity index (χ4n) is 3.81. The number of aliphatic carboxylic acids is 1. The van der Waals surface area contributed by atoms with E-state index in [-0.39, 0.29) is 18.9 Å². The monoisotopic (exact) mass is 403 g/mol. The number of amides is 1. The van der Waals surface area contributed by atoms with Crippen LogP contribution in [0.25, 0.3) is 11.1 Å². The van der Waals surface area contributed by atoms with Crippen molar-refractivity contribution >= 4 is 12.1 Å². The average molecular weight is 403 g/mol. The zero-order chi connectivity index (χ0) is 20.9. The van der Waals surface area contributed by atoms with Crippen LogP contribution < -0.4 is 5.32 Å². The van der Waals surface area contributed by atoms with Crippen molar-refractivity contribution in [1.82, 2.24) is 15.3 Å². The number of carboxylic acid groups (broad SMARTS) is 1. The Balaban J connectivity index is 1.38. The van der Waals surface area contributed by atoms with E-state index < -0.39 is 18.1 Å². The molecule has 2 aromatic carbocycles. The van der Waals surface area contributed by atoms with Gasteiger partial charge >= 0.3 is 12.1 Å². The first-order valence-corrected chi connectivity index (χ1v) is 9.71. The lowest BCUT2D eigenvalue weighted by atomic mass is 9.98. The number of nitrogens with one attached hydrogen (secondary N) is 1. The van der Waals surface area contributed by atoms with Crippen molar-refractivity contribution in [2.75, 3.05) is 6.61 Å². The summed E-state index contributed by atoms with van der Waals surface area (Å²) in [5.74, 6) is -1.19. The molecule has 1 amide bonds. The van der Waals surface area contributed by atoms with E-state index in [9.17, 15) is 14.7 Å². The van der Waals surface area contributed by atoms with Gasteiger partial charge < -0.3 is 15.2 Å². The molecule has 7 heteroatoms. The molecule has 1 atom stereocenters. The van der Waals surface area contributed by atoms with Crippen molar-refractivity contribution in [2.45, 2.75) is 24.8 Å². The molecule has 0 bridgehead atoms. The summed E-state index contributed by atoms with van der Waals surface area (Å²) in [7, 11) is 0. The molecule has 3 aromatic rings. The number of hydrogen-bond donors (Lipinski definition) is 2. The number of ether oxygens (including phenoxy) is 1. The molecule has 2 N–H and O–H groups in total. The molecule has 1 aliphatic rings. The second-order valence-corrected chi connectivity index (χ2v) is 7.15. The first-order chi connectivity index (χ1) is 14.6. The van der Waals surface area contributed by atoms with Gasteiger partial charge in [-0.3, -0.25) is 0 Å². The Hall–Kier alpha value is -3.74. The molecule has 152 valence electrons. The number of hydrogen-bond acceptors (Lipinski definition) is 5. The van der Waals surface area contributed by atoms with Gasteiger partial charge in [-0.05, 0) is 40.7 Å². The molecule has 7 nitrogen and oxygen atoms in total. The highest BCUT2D eigenvalue weighted by molar-refractivity contribution is 5.81. The highest BCUT2D eigenvalue weighted by atomic mass is 16.5. The molecule has 30 heavy (non-hydrogen) atoms. The number of aromatic nitrogens is 2. The van der Waals surface area contributed by atoms with Gasteiger partial charge in [0.25, 0.3) is 0 Å². The van der Waals surface area contributed by atoms with Crippen LogP contribution in [0.5, 0.6) is 0 Å². The SMILES string of the molecule is O=C(NC(CCc1cncnc1)C(=O)O)OCC1c2ccccc2-c2ccccc21. The molecular weight excluding hydrogens is 382 g/mol. The van der Waals surface area contributed by atoms with Crippen LogP contribution in [0.4, 0.5) is 4.79 Å². The van der Waals surface area contributed by atoms with Crippen molar-refractivity contribution in [2.24, 2.45) is 0 Å². The molecule has 1 aliphatic carbocycles. The number of aryl methyl sites for hydroxylation is 1. The van der Waals surface area contributed by atoms with E-state index in [4.69, 9.17) is 4.74 Å². The average Bonchev–Trinajstić information content (AvgIpc) is 3.09. The van der Waals surface area contributed by atoms with E-state index in [0.717, 1.165) is 27.8 Å². The summed E-state index contributed by atoms with van der Waals surface area (Å²) < 4.78 is 5.43. The standard InChI is InChI=1S/C23H21N3O4/c27-22(28)21(10-9-15-11-24-14-25-12-15)26-23(29)30-13-20-18-7-3-1-5-16(18)17-6-2-4-8-19(17)20/h1-8,11-12,14,20-21H,9-10,13H2,(H,26,29)(H,27,28). The quantitative estimate of drug-likeness (QED) is 0.627. The molecule has 4 rings (SSSR count). The molecule has 1 heterocycles. The van der Waals surface area contributed by atoms with Crippen molar-refractivity contribution in [3.8, 4) is 11.1 Å². The minimum Gasteiger partial charge on any atom is -0.480 e. The number of carbonyl (C=O) groups excluding carboxylic acids is 1. The maximum absolute atomic E-state index is 12.3. The van der Waals surface area contributed by atoms with Crippen molar-refractivity contribution in [3.05, 3.63) is 83.9 Å². The predicted molar refractivity (Wildman–Crippen MR) is 110 cm³/mol. The van der Waals surface area contributed by atoms with Gasteiger partial charge in [-0.15, -0.1) is 0 Å². The van der Waals surface area contributed by atoms with Gasteiger partial charge in [0.2, 0.25) is 0 Å². The molecule has 0 fully saturated rings. The summed E-state index contributed by atoms with van der Waals surface area (Å²) in [5, 5.41) is 11.9. The Bertz CT molecular complexity index is 1010. The normalized spacial score (nSPS) is 13.2. The van der Waals surface area contributed by atoms with E-state index >= 15 is 0 Å². The van der Waals surface area contributed by atoms with E-state index in [1.165, 1.54) is 6.33 Å². The molecule has 0 saturated carbocycles. The van der Waals surface area contributed by atoms with Gasteiger partial charge in [-0.25, -0.2) is 19.6 Å². The number of rotatable bonds is 7. The number of nitrogens with zero attached hydrogens (tertiary/aromatic N) is 2. The topological polar surface area (TPSA) is 101 Å². The van der Waals surface area contributed by atoms with Crippen LogP contribution in [0.1, 0.15) is 29.0 Å². The third-order valence-corrected chi connectivity index (χ3v) is 5.27. The zero-order valence-corrected chi connectivity index (χ0v) is 16.2. The lowest BCUT2D eigenvalue weighted by molar-refractivity contribution is -0.139. The second-order valence-electron chi connectivity index (χ2n) is 7.15. The van der Waals surface area contributed by atoms with Crippen LogP contribution >= 0.6 is 0 Å². The fraction of sp³-hybridized carbons (Fsp3) is 0.217. The van der Waals surface area contributed by atoms with Crippen molar-refractivity contribution in [3.63, 3.8) is 0 Å². The van der Waals surface area contributed by atoms with E-state index in [2.05, 4.69) is 27.4 Å². The smallest absolute Gasteiger partial charge is 0.407 e. The van der Waals surface area contributed by atoms with Gasteiger partial charge in [0.1, 0.15) is 19.0 Å². The third kappa shape index (κ3) is 4.15. The van der Waals surface area contributed by atoms with Crippen LogP contribution in [-0.2, 0) is 16.0 Å². The van der Waals surface area contributed by atoms with Crippen LogP contribution in [0, 0.1) is 0 Å². The molecule has 0 aliphatic heterocycles. The van der Waals surface area contributed by atoms with E-state index in [1.54, 1.807) is 12.4 Å². The fourth-order valence-corrected chi connectivity index (χ4v) is 3.81. The van der Waals surface area contributed by atoms with E-state index in [0.29, 0.717) is 6.42 Å². The molecule has 1 unspecified atom stereocenters. The Morgan fingerprint density at radius 2 is 1.60 bits per heavy atom. The Morgan fingerprint density at radius 3 is 2.20 bits per heavy atom. The van der Waals surface area contributed by atoms with Crippen LogP contribution in [0.2, 0.25) is 0 Å². The largest absolute Gasteiger partial charge is 0.480 e. The van der Waals surface area contributed by atoms with Crippen LogP contribution in [-0.4, -0.2) is 39.8 Å². The number of carboxylic acids is 1. The van der Waals surface area contributed by atoms with Gasteiger partial charge in [-0.2, -0.15) is 0 Å². The maximum atomic E-state index is 12.3. The molecular formula is C23H21N3O4. The molecule has 1 aromatic heterocycles. The zero-order valence-electron chi connectivity index (χ0n) is 16.2. The number of alkyl carbamates (subject to hydrolysis) is 1. The molecule has 0 spiro atoms. The Labute approximate surface area is 173 Å². The lowest BCUT2D eigenvalue weighted by Crippen LogP contribution is -2.41. The summed E-state index contributed by atoms with van der Waals surface area (Å²) in [5.41, 5.74) is 5.28. The highest BCUT2D eigenvalue weighted by Crippen LogP contribution is 2.44. The summed E-state index contributed by atoms with van der Waals surface area (Å²) in [4.78, 5) is 31.7. The lowest BCUT2D eigenvalue weighted by Gasteiger charge is -2.17. The summed E-state index contributed by atoms with van der Waals surface area (Å²) >= 11 is 0. The van der Waals surface area contributed by atoms with E-state index in [1.807, 2.05) is 36.4 Å². The Morgan fingerprint density at radius 1 is 1.00 bits per heavy atom. The van der Waals surface area contributed by atoms with Crippen molar-refractivity contribution < 1.29 is 19.4 Å².